The minimum Gasteiger partial charge on any atom is -0.480 e. The first-order chi connectivity index (χ1) is 6.45. The maximum atomic E-state index is 10.8. The Morgan fingerprint density at radius 2 is 2.00 bits per heavy atom. The fraction of sp³-hybridized carbons (Fsp3) is 0.778. The molecule has 1 amide bonds. The molecule has 5 heteroatoms. The van der Waals surface area contributed by atoms with Crippen molar-refractivity contribution >= 4 is 23.6 Å². The summed E-state index contributed by atoms with van der Waals surface area (Å²) in [6.45, 7) is 5.73. The Kier molecular flexibility index (Phi) is 6.36. The molecule has 0 rings (SSSR count). The number of carbonyl (C=O) groups excluding carboxylic acids is 1. The largest absolute Gasteiger partial charge is 0.480 e. The molecule has 2 N–H and O–H groups in total. The van der Waals surface area contributed by atoms with Crippen molar-refractivity contribution in [2.24, 2.45) is 5.92 Å². The van der Waals surface area contributed by atoms with E-state index in [0.717, 1.165) is 0 Å². The lowest BCUT2D eigenvalue weighted by atomic mass is 10.1. The van der Waals surface area contributed by atoms with Crippen molar-refractivity contribution in [1.29, 1.82) is 0 Å². The highest BCUT2D eigenvalue weighted by molar-refractivity contribution is 8.00. The van der Waals surface area contributed by atoms with Crippen LogP contribution < -0.4 is 5.32 Å². The second-order valence-corrected chi connectivity index (χ2v) is 4.61. The molecule has 0 radical (unpaired) electrons. The summed E-state index contributed by atoms with van der Waals surface area (Å²) in [5.74, 6) is -0.126. The average molecular weight is 219 g/mol. The van der Waals surface area contributed by atoms with E-state index in [4.69, 9.17) is 5.11 Å². The van der Waals surface area contributed by atoms with Crippen molar-refractivity contribution in [1.82, 2.24) is 5.32 Å². The first-order valence-corrected chi connectivity index (χ1v) is 5.59. The molecule has 0 saturated heterocycles. The van der Waals surface area contributed by atoms with Crippen LogP contribution in [0.15, 0.2) is 0 Å². The van der Waals surface area contributed by atoms with Crippen LogP contribution in [0.5, 0.6) is 0 Å². The molecular formula is C9H17NO3S. The van der Waals surface area contributed by atoms with Gasteiger partial charge in [-0.25, -0.2) is 0 Å². The number of amides is 1. The summed E-state index contributed by atoms with van der Waals surface area (Å²) in [5, 5.41) is 11.1. The minimum atomic E-state index is -0.784. The van der Waals surface area contributed by atoms with Crippen molar-refractivity contribution in [2.45, 2.75) is 26.0 Å². The molecule has 1 atom stereocenters. The number of nitrogens with one attached hydrogen (secondary N) is 1. The standard InChI is InChI=1S/C9H17NO3S/c1-6(2)8(9(12)13)14-5-4-10-7(3)11/h6,8H,4-5H2,1-3H3,(H,10,11)(H,12,13). The molecule has 0 aromatic heterocycles. The molecule has 0 fully saturated rings. The Morgan fingerprint density at radius 3 is 2.36 bits per heavy atom. The Morgan fingerprint density at radius 1 is 1.43 bits per heavy atom. The van der Waals surface area contributed by atoms with Gasteiger partial charge in [-0.15, -0.1) is 11.8 Å². The van der Waals surface area contributed by atoms with E-state index in [0.29, 0.717) is 12.3 Å². The number of aliphatic carboxylic acids is 1. The Balaban J connectivity index is 3.73. The third kappa shape index (κ3) is 5.85. The molecule has 0 aliphatic carbocycles. The first kappa shape index (κ1) is 13.3. The van der Waals surface area contributed by atoms with Crippen molar-refractivity contribution in [3.05, 3.63) is 0 Å². The van der Waals surface area contributed by atoms with Gasteiger partial charge < -0.3 is 10.4 Å². The van der Waals surface area contributed by atoms with E-state index in [1.165, 1.54) is 18.7 Å². The maximum Gasteiger partial charge on any atom is 0.316 e. The molecule has 0 heterocycles. The molecule has 0 aliphatic rings. The second-order valence-electron chi connectivity index (χ2n) is 3.36. The maximum absolute atomic E-state index is 10.8. The predicted octanol–water partition coefficient (Wildman–Crippen LogP) is 0.965. The van der Waals surface area contributed by atoms with Crippen LogP contribution in [0, 0.1) is 5.92 Å². The van der Waals surface area contributed by atoms with Crippen molar-refractivity contribution in [3.63, 3.8) is 0 Å². The lowest BCUT2D eigenvalue weighted by Gasteiger charge is -2.15. The zero-order chi connectivity index (χ0) is 11.1. The van der Waals surface area contributed by atoms with Crippen LogP contribution in [0.1, 0.15) is 20.8 Å². The van der Waals surface area contributed by atoms with Gasteiger partial charge in [0, 0.05) is 19.2 Å². The summed E-state index contributed by atoms with van der Waals surface area (Å²) in [4.78, 5) is 21.3. The van der Waals surface area contributed by atoms with Crippen LogP contribution in [-0.2, 0) is 9.59 Å². The van der Waals surface area contributed by atoms with Crippen molar-refractivity contribution in [2.75, 3.05) is 12.3 Å². The summed E-state index contributed by atoms with van der Waals surface area (Å²) in [6, 6.07) is 0. The molecular weight excluding hydrogens is 202 g/mol. The fourth-order valence-electron chi connectivity index (χ4n) is 0.962. The molecule has 0 aromatic carbocycles. The molecule has 0 aliphatic heterocycles. The van der Waals surface area contributed by atoms with Crippen LogP contribution >= 0.6 is 11.8 Å². The van der Waals surface area contributed by atoms with Gasteiger partial charge in [-0.05, 0) is 5.92 Å². The SMILES string of the molecule is CC(=O)NCCSC(C(=O)O)C(C)C. The zero-order valence-electron chi connectivity index (χ0n) is 8.74. The highest BCUT2D eigenvalue weighted by atomic mass is 32.2. The predicted molar refractivity (Wildman–Crippen MR) is 57.4 cm³/mol. The van der Waals surface area contributed by atoms with E-state index in [1.54, 1.807) is 0 Å². The number of thioether (sulfide) groups is 1. The van der Waals surface area contributed by atoms with Gasteiger partial charge in [-0.1, -0.05) is 13.8 Å². The van der Waals surface area contributed by atoms with Crippen molar-refractivity contribution in [3.8, 4) is 0 Å². The van der Waals surface area contributed by atoms with Gasteiger partial charge in [0.15, 0.2) is 0 Å². The van der Waals surface area contributed by atoms with Crippen LogP contribution in [0.25, 0.3) is 0 Å². The topological polar surface area (TPSA) is 66.4 Å². The van der Waals surface area contributed by atoms with E-state index >= 15 is 0 Å². The van der Waals surface area contributed by atoms with E-state index in [2.05, 4.69) is 5.32 Å². The second kappa shape index (κ2) is 6.70. The number of carboxylic acid groups (broad SMARTS) is 1. The minimum absolute atomic E-state index is 0.0815. The van der Waals surface area contributed by atoms with Gasteiger partial charge in [0.2, 0.25) is 5.91 Å². The first-order valence-electron chi connectivity index (χ1n) is 4.54. The Labute approximate surface area is 88.4 Å². The fourth-order valence-corrected chi connectivity index (χ4v) is 1.96. The molecule has 4 nitrogen and oxygen atoms in total. The van der Waals surface area contributed by atoms with E-state index in [1.807, 2.05) is 13.8 Å². The average Bonchev–Trinajstić information content (AvgIpc) is 2.01. The number of rotatable bonds is 6. The lowest BCUT2D eigenvalue weighted by Crippen LogP contribution is -2.27. The number of carbonyl (C=O) groups is 2. The monoisotopic (exact) mass is 219 g/mol. The normalized spacial score (nSPS) is 12.6. The summed E-state index contributed by atoms with van der Waals surface area (Å²) >= 11 is 1.37. The van der Waals surface area contributed by atoms with Gasteiger partial charge in [0.1, 0.15) is 5.25 Å². The quantitative estimate of drug-likeness (QED) is 0.653. The molecule has 82 valence electrons. The van der Waals surface area contributed by atoms with E-state index in [9.17, 15) is 9.59 Å². The van der Waals surface area contributed by atoms with Gasteiger partial charge >= 0.3 is 5.97 Å². The highest BCUT2D eigenvalue weighted by Gasteiger charge is 2.21. The Hall–Kier alpha value is -0.710. The molecule has 14 heavy (non-hydrogen) atoms. The zero-order valence-corrected chi connectivity index (χ0v) is 9.56. The number of hydrogen-bond donors (Lipinski definition) is 2. The van der Waals surface area contributed by atoms with Gasteiger partial charge in [0.25, 0.3) is 0 Å². The number of hydrogen-bond acceptors (Lipinski definition) is 3. The van der Waals surface area contributed by atoms with Crippen molar-refractivity contribution < 1.29 is 14.7 Å². The molecule has 0 aromatic rings. The van der Waals surface area contributed by atoms with Gasteiger partial charge in [0.05, 0.1) is 0 Å². The van der Waals surface area contributed by atoms with E-state index < -0.39 is 5.97 Å². The lowest BCUT2D eigenvalue weighted by molar-refractivity contribution is -0.137. The number of carboxylic acids is 1. The smallest absolute Gasteiger partial charge is 0.316 e. The van der Waals surface area contributed by atoms with Crippen LogP contribution in [0.2, 0.25) is 0 Å². The van der Waals surface area contributed by atoms with Gasteiger partial charge in [-0.2, -0.15) is 0 Å². The summed E-state index contributed by atoms with van der Waals surface area (Å²) < 4.78 is 0. The molecule has 0 saturated carbocycles. The molecule has 0 bridgehead atoms. The van der Waals surface area contributed by atoms with Gasteiger partial charge in [-0.3, -0.25) is 9.59 Å². The summed E-state index contributed by atoms with van der Waals surface area (Å²) in [6.07, 6.45) is 0. The van der Waals surface area contributed by atoms with E-state index in [-0.39, 0.29) is 17.1 Å². The third-order valence-corrected chi connectivity index (χ3v) is 3.17. The molecule has 1 unspecified atom stereocenters. The molecule has 0 spiro atoms. The van der Waals surface area contributed by atoms with Crippen LogP contribution in [0.4, 0.5) is 0 Å². The van der Waals surface area contributed by atoms with Crippen LogP contribution in [0.3, 0.4) is 0 Å². The Bertz CT molecular complexity index is 206. The highest BCUT2D eigenvalue weighted by Crippen LogP contribution is 2.18. The third-order valence-electron chi connectivity index (χ3n) is 1.62. The van der Waals surface area contributed by atoms with Crippen LogP contribution in [-0.4, -0.2) is 34.5 Å². The summed E-state index contributed by atoms with van der Waals surface area (Å²) in [5.41, 5.74) is 0. The summed E-state index contributed by atoms with van der Waals surface area (Å²) in [7, 11) is 0.